The molecule has 0 N–H and O–H groups in total. The molecule has 2 aliphatic heterocycles. The molecule has 2 fully saturated rings. The molecule has 160 valence electrons. The molecule has 1 spiro atoms. The van der Waals surface area contributed by atoms with Crippen LogP contribution in [0, 0.1) is 5.82 Å². The number of amides is 1. The zero-order valence-electron chi connectivity index (χ0n) is 17.2. The van der Waals surface area contributed by atoms with E-state index in [1.54, 1.807) is 4.90 Å². The van der Waals surface area contributed by atoms with Gasteiger partial charge >= 0.3 is 0 Å². The Hall–Kier alpha value is -1.95. The first kappa shape index (κ1) is 21.3. The summed E-state index contributed by atoms with van der Waals surface area (Å²) in [4.78, 5) is 14.7. The minimum Gasteiger partial charge on any atom is -0.378 e. The van der Waals surface area contributed by atoms with Crippen molar-refractivity contribution in [3.63, 3.8) is 0 Å². The van der Waals surface area contributed by atoms with E-state index in [1.165, 1.54) is 18.2 Å². The zero-order chi connectivity index (χ0) is 21.1. The van der Waals surface area contributed by atoms with Crippen molar-refractivity contribution >= 4 is 17.5 Å². The molecule has 2 aromatic rings. The molecule has 4 rings (SSSR count). The van der Waals surface area contributed by atoms with E-state index in [0.29, 0.717) is 25.3 Å². The smallest absolute Gasteiger partial charge is 0.255 e. The fraction of sp³-hybridized carbons (Fsp3) is 0.458. The standard InChI is InChI=1S/C24H27ClFNO3/c1-2-29-19-15-22(17-6-4-3-5-7-17)30-24(16-19)10-12-27(13-11-24)23(28)20-9-8-18(26)14-21(20)25/h3-9,14,19,22H,2,10-13,15-16H2,1H3. The fourth-order valence-corrected chi connectivity index (χ4v) is 4.89. The van der Waals surface area contributed by atoms with Crippen molar-refractivity contribution < 1.29 is 18.7 Å². The Morgan fingerprint density at radius 3 is 2.63 bits per heavy atom. The number of nitrogens with zero attached hydrogens (tertiary/aromatic N) is 1. The number of hydrogen-bond donors (Lipinski definition) is 0. The van der Waals surface area contributed by atoms with E-state index in [9.17, 15) is 9.18 Å². The number of hydrogen-bond acceptors (Lipinski definition) is 3. The third-order valence-corrected chi connectivity index (χ3v) is 6.48. The Morgan fingerprint density at radius 1 is 1.23 bits per heavy atom. The van der Waals surface area contributed by atoms with Crippen LogP contribution in [-0.2, 0) is 9.47 Å². The molecule has 0 saturated carbocycles. The van der Waals surface area contributed by atoms with Crippen LogP contribution < -0.4 is 0 Å². The molecule has 0 aromatic heterocycles. The van der Waals surface area contributed by atoms with Crippen LogP contribution in [0.15, 0.2) is 48.5 Å². The summed E-state index contributed by atoms with van der Waals surface area (Å²) in [6, 6.07) is 14.2. The number of ether oxygens (including phenoxy) is 2. The SMILES string of the molecule is CCOC1CC(c2ccccc2)OC2(CCN(C(=O)c3ccc(F)cc3Cl)CC2)C1. The lowest BCUT2D eigenvalue weighted by molar-refractivity contribution is -0.190. The molecule has 2 aliphatic rings. The highest BCUT2D eigenvalue weighted by Crippen LogP contribution is 2.44. The second kappa shape index (κ2) is 9.04. The molecule has 1 amide bonds. The molecule has 0 aliphatic carbocycles. The third kappa shape index (κ3) is 4.53. The lowest BCUT2D eigenvalue weighted by atomic mass is 9.80. The lowest BCUT2D eigenvalue weighted by Gasteiger charge is -2.48. The highest BCUT2D eigenvalue weighted by molar-refractivity contribution is 6.33. The number of halogens is 2. The first-order valence-electron chi connectivity index (χ1n) is 10.6. The van der Waals surface area contributed by atoms with Crippen LogP contribution in [0.2, 0.25) is 5.02 Å². The first-order valence-corrected chi connectivity index (χ1v) is 11.0. The van der Waals surface area contributed by atoms with Crippen molar-refractivity contribution in [3.05, 3.63) is 70.5 Å². The van der Waals surface area contributed by atoms with E-state index in [-0.39, 0.29) is 28.7 Å². The topological polar surface area (TPSA) is 38.8 Å². The Labute approximate surface area is 181 Å². The van der Waals surface area contributed by atoms with E-state index >= 15 is 0 Å². The van der Waals surface area contributed by atoms with Gasteiger partial charge in [-0.05, 0) is 43.5 Å². The molecule has 30 heavy (non-hydrogen) atoms. The third-order valence-electron chi connectivity index (χ3n) is 6.17. The van der Waals surface area contributed by atoms with Crippen molar-refractivity contribution in [2.45, 2.75) is 50.4 Å². The van der Waals surface area contributed by atoms with Gasteiger partial charge in [0.2, 0.25) is 0 Å². The lowest BCUT2D eigenvalue weighted by Crippen LogP contribution is -2.52. The maximum Gasteiger partial charge on any atom is 0.255 e. The summed E-state index contributed by atoms with van der Waals surface area (Å²) in [5, 5.41) is 0.148. The van der Waals surface area contributed by atoms with E-state index in [2.05, 4.69) is 12.1 Å². The van der Waals surface area contributed by atoms with E-state index in [4.69, 9.17) is 21.1 Å². The van der Waals surface area contributed by atoms with E-state index in [0.717, 1.165) is 31.2 Å². The quantitative estimate of drug-likeness (QED) is 0.649. The van der Waals surface area contributed by atoms with Crippen LogP contribution in [0.3, 0.4) is 0 Å². The highest BCUT2D eigenvalue weighted by atomic mass is 35.5. The largest absolute Gasteiger partial charge is 0.378 e. The minimum atomic E-state index is -0.446. The molecule has 2 unspecified atom stereocenters. The molecule has 0 radical (unpaired) electrons. The number of carbonyl (C=O) groups is 1. The van der Waals surface area contributed by atoms with Gasteiger partial charge in [-0.1, -0.05) is 41.9 Å². The second-order valence-corrected chi connectivity index (χ2v) is 8.54. The summed E-state index contributed by atoms with van der Waals surface area (Å²) in [6.45, 7) is 3.85. The zero-order valence-corrected chi connectivity index (χ0v) is 17.9. The molecule has 2 aromatic carbocycles. The van der Waals surface area contributed by atoms with Crippen molar-refractivity contribution in [2.75, 3.05) is 19.7 Å². The summed E-state index contributed by atoms with van der Waals surface area (Å²) >= 11 is 6.10. The summed E-state index contributed by atoms with van der Waals surface area (Å²) < 4.78 is 26.0. The number of carbonyl (C=O) groups excluding carboxylic acids is 1. The van der Waals surface area contributed by atoms with Crippen LogP contribution >= 0.6 is 11.6 Å². The average molecular weight is 432 g/mol. The van der Waals surface area contributed by atoms with Crippen LogP contribution in [0.1, 0.15) is 54.6 Å². The summed E-state index contributed by atoms with van der Waals surface area (Å²) in [5.41, 5.74) is 1.20. The van der Waals surface area contributed by atoms with Gasteiger partial charge in [0.15, 0.2) is 0 Å². The molecular weight excluding hydrogens is 405 g/mol. The summed E-state index contributed by atoms with van der Waals surface area (Å²) in [6.07, 6.45) is 3.29. The first-order chi connectivity index (χ1) is 14.5. The molecule has 6 heteroatoms. The maximum atomic E-state index is 13.3. The average Bonchev–Trinajstić information content (AvgIpc) is 2.74. The molecular formula is C24H27ClFNO3. The van der Waals surface area contributed by atoms with Crippen LogP contribution in [-0.4, -0.2) is 42.2 Å². The van der Waals surface area contributed by atoms with Crippen molar-refractivity contribution in [2.24, 2.45) is 0 Å². The van der Waals surface area contributed by atoms with Gasteiger partial charge in [-0.3, -0.25) is 4.79 Å². The normalized spacial score (nSPS) is 23.5. The number of benzene rings is 2. The Kier molecular flexibility index (Phi) is 6.42. The van der Waals surface area contributed by atoms with Gasteiger partial charge in [-0.25, -0.2) is 4.39 Å². The molecule has 2 atom stereocenters. The van der Waals surface area contributed by atoms with Crippen LogP contribution in [0.4, 0.5) is 4.39 Å². The fourth-order valence-electron chi connectivity index (χ4n) is 4.64. The number of piperidine rings is 1. The van der Waals surface area contributed by atoms with Crippen molar-refractivity contribution in [1.29, 1.82) is 0 Å². The van der Waals surface area contributed by atoms with Gasteiger partial charge in [0, 0.05) is 32.5 Å². The van der Waals surface area contributed by atoms with Gasteiger partial charge in [0.1, 0.15) is 5.82 Å². The van der Waals surface area contributed by atoms with E-state index < -0.39 is 5.82 Å². The van der Waals surface area contributed by atoms with Crippen molar-refractivity contribution in [1.82, 2.24) is 4.90 Å². The van der Waals surface area contributed by atoms with Gasteiger partial charge < -0.3 is 14.4 Å². The van der Waals surface area contributed by atoms with Crippen LogP contribution in [0.5, 0.6) is 0 Å². The predicted octanol–water partition coefficient (Wildman–Crippen LogP) is 5.41. The number of rotatable bonds is 4. The summed E-state index contributed by atoms with van der Waals surface area (Å²) in [7, 11) is 0. The highest BCUT2D eigenvalue weighted by Gasteiger charge is 2.45. The van der Waals surface area contributed by atoms with Crippen LogP contribution in [0.25, 0.3) is 0 Å². The van der Waals surface area contributed by atoms with Crippen molar-refractivity contribution in [3.8, 4) is 0 Å². The Balaban J connectivity index is 1.48. The molecule has 2 heterocycles. The molecule has 2 saturated heterocycles. The predicted molar refractivity (Wildman–Crippen MR) is 114 cm³/mol. The monoisotopic (exact) mass is 431 g/mol. The van der Waals surface area contributed by atoms with Gasteiger partial charge in [-0.15, -0.1) is 0 Å². The van der Waals surface area contributed by atoms with Gasteiger partial charge in [0.05, 0.1) is 28.4 Å². The number of likely N-dealkylation sites (tertiary alicyclic amines) is 1. The maximum absolute atomic E-state index is 13.3. The minimum absolute atomic E-state index is 0.00899. The second-order valence-electron chi connectivity index (χ2n) is 8.13. The van der Waals surface area contributed by atoms with Gasteiger partial charge in [-0.2, -0.15) is 0 Å². The van der Waals surface area contributed by atoms with Gasteiger partial charge in [0.25, 0.3) is 5.91 Å². The Morgan fingerprint density at radius 2 is 1.97 bits per heavy atom. The van der Waals surface area contributed by atoms with E-state index in [1.807, 2.05) is 25.1 Å². The summed E-state index contributed by atoms with van der Waals surface area (Å²) in [5.74, 6) is -0.606. The Bertz CT molecular complexity index is 883. The molecule has 4 nitrogen and oxygen atoms in total. The molecule has 0 bridgehead atoms.